The topological polar surface area (TPSA) is 51.2 Å². The largest absolute Gasteiger partial charge is 0.493 e. The van der Waals surface area contributed by atoms with Gasteiger partial charge in [0.25, 0.3) is 5.91 Å². The molecular formula is C29H40N2O4. The summed E-state index contributed by atoms with van der Waals surface area (Å²) in [6.45, 7) is 7.48. The lowest BCUT2D eigenvalue weighted by molar-refractivity contribution is -0.00702. The molecule has 2 atom stereocenters. The zero-order chi connectivity index (χ0) is 24.5. The van der Waals surface area contributed by atoms with Gasteiger partial charge in [-0.2, -0.15) is 0 Å². The van der Waals surface area contributed by atoms with E-state index in [1.165, 1.54) is 5.56 Å². The van der Waals surface area contributed by atoms with Gasteiger partial charge in [0.15, 0.2) is 0 Å². The van der Waals surface area contributed by atoms with E-state index < -0.39 is 0 Å². The van der Waals surface area contributed by atoms with Crippen molar-refractivity contribution in [3.05, 3.63) is 59.7 Å². The highest BCUT2D eigenvalue weighted by Crippen LogP contribution is 2.28. The van der Waals surface area contributed by atoms with Crippen LogP contribution in [0.2, 0.25) is 0 Å². The van der Waals surface area contributed by atoms with E-state index in [1.54, 1.807) is 7.11 Å². The molecule has 2 aromatic rings. The summed E-state index contributed by atoms with van der Waals surface area (Å²) in [5.74, 6) is 2.07. The summed E-state index contributed by atoms with van der Waals surface area (Å²) in [4.78, 5) is 17.9. The molecule has 0 unspecified atom stereocenters. The number of carbonyl (C=O) groups is 1. The van der Waals surface area contributed by atoms with Crippen molar-refractivity contribution < 1.29 is 19.0 Å². The second kappa shape index (κ2) is 12.9. The van der Waals surface area contributed by atoms with Crippen molar-refractivity contribution in [3.8, 4) is 11.5 Å². The number of fused-ring (bicyclic) bond motifs is 3. The number of hydrogen-bond acceptors (Lipinski definition) is 5. The maximum absolute atomic E-state index is 13.4. The van der Waals surface area contributed by atoms with Crippen LogP contribution in [-0.4, -0.2) is 68.3 Å². The van der Waals surface area contributed by atoms with E-state index in [4.69, 9.17) is 14.2 Å². The number of para-hydroxylation sites is 2. The minimum absolute atomic E-state index is 0.0658. The lowest BCUT2D eigenvalue weighted by Crippen LogP contribution is -2.46. The van der Waals surface area contributed by atoms with Gasteiger partial charge in [0, 0.05) is 44.8 Å². The molecule has 1 saturated heterocycles. The maximum atomic E-state index is 13.4. The number of amides is 1. The van der Waals surface area contributed by atoms with Crippen LogP contribution in [0, 0.1) is 5.92 Å². The van der Waals surface area contributed by atoms with Gasteiger partial charge < -0.3 is 19.1 Å². The summed E-state index contributed by atoms with van der Waals surface area (Å²) >= 11 is 0. The van der Waals surface area contributed by atoms with Crippen molar-refractivity contribution in [1.29, 1.82) is 0 Å². The third kappa shape index (κ3) is 6.77. The molecule has 2 bridgehead atoms. The number of methoxy groups -OCH3 is 1. The molecule has 6 nitrogen and oxygen atoms in total. The predicted molar refractivity (Wildman–Crippen MR) is 138 cm³/mol. The van der Waals surface area contributed by atoms with E-state index in [0.29, 0.717) is 23.8 Å². The number of ether oxygens (including phenoxy) is 3. The molecule has 4 rings (SSSR count). The fourth-order valence-corrected chi connectivity index (χ4v) is 5.25. The monoisotopic (exact) mass is 480 g/mol. The summed E-state index contributed by atoms with van der Waals surface area (Å²) < 4.78 is 18.0. The van der Waals surface area contributed by atoms with Gasteiger partial charge in [-0.25, -0.2) is 0 Å². The SMILES string of the molecule is CCCOc1ccccc1CN1CCCC[C@H]2CN(CC[C@H]2OC)C(=O)c2ccccc2OCC1. The van der Waals surface area contributed by atoms with Gasteiger partial charge in [-0.1, -0.05) is 43.7 Å². The molecule has 1 fully saturated rings. The number of nitrogens with zero attached hydrogens (tertiary/aromatic N) is 2. The molecule has 2 aliphatic rings. The van der Waals surface area contributed by atoms with E-state index >= 15 is 0 Å². The lowest BCUT2D eigenvalue weighted by atomic mass is 9.89. The Hall–Kier alpha value is -2.57. The van der Waals surface area contributed by atoms with Crippen LogP contribution in [0.1, 0.15) is 54.9 Å². The smallest absolute Gasteiger partial charge is 0.257 e. The Balaban J connectivity index is 1.52. The van der Waals surface area contributed by atoms with Crippen LogP contribution >= 0.6 is 0 Å². The van der Waals surface area contributed by atoms with Crippen molar-refractivity contribution in [2.75, 3.05) is 46.5 Å². The summed E-state index contributed by atoms with van der Waals surface area (Å²) in [7, 11) is 1.80. The van der Waals surface area contributed by atoms with Gasteiger partial charge in [0.2, 0.25) is 0 Å². The summed E-state index contributed by atoms with van der Waals surface area (Å²) in [5.41, 5.74) is 1.86. The number of carbonyl (C=O) groups excluding carboxylic acids is 1. The van der Waals surface area contributed by atoms with Crippen LogP contribution in [-0.2, 0) is 11.3 Å². The van der Waals surface area contributed by atoms with Crippen molar-refractivity contribution in [3.63, 3.8) is 0 Å². The van der Waals surface area contributed by atoms with Gasteiger partial charge in [-0.05, 0) is 50.4 Å². The zero-order valence-electron chi connectivity index (χ0n) is 21.3. The molecule has 2 aromatic carbocycles. The number of rotatable bonds is 6. The Labute approximate surface area is 210 Å². The van der Waals surface area contributed by atoms with Crippen LogP contribution in [0.3, 0.4) is 0 Å². The van der Waals surface area contributed by atoms with Crippen molar-refractivity contribution in [2.24, 2.45) is 5.92 Å². The molecule has 0 saturated carbocycles. The summed E-state index contributed by atoms with van der Waals surface area (Å²) in [6.07, 6.45) is 5.40. The third-order valence-electron chi connectivity index (χ3n) is 7.16. The zero-order valence-corrected chi connectivity index (χ0v) is 21.3. The molecule has 0 aromatic heterocycles. The summed E-state index contributed by atoms with van der Waals surface area (Å²) in [6, 6.07) is 16.0. The van der Waals surface area contributed by atoms with E-state index in [2.05, 4.69) is 30.0 Å². The second-order valence-corrected chi connectivity index (χ2v) is 9.65. The molecule has 0 aliphatic carbocycles. The molecule has 6 heteroatoms. The van der Waals surface area contributed by atoms with Gasteiger partial charge in [0.05, 0.1) is 18.3 Å². The van der Waals surface area contributed by atoms with E-state index in [-0.39, 0.29) is 12.0 Å². The van der Waals surface area contributed by atoms with Crippen LogP contribution in [0.4, 0.5) is 0 Å². The molecule has 190 valence electrons. The van der Waals surface area contributed by atoms with Crippen LogP contribution in [0.5, 0.6) is 11.5 Å². The maximum Gasteiger partial charge on any atom is 0.257 e. The van der Waals surface area contributed by atoms with Gasteiger partial charge in [-0.15, -0.1) is 0 Å². The quantitative estimate of drug-likeness (QED) is 0.581. The number of hydrogen-bond donors (Lipinski definition) is 0. The van der Waals surface area contributed by atoms with E-state index in [0.717, 1.165) is 77.2 Å². The van der Waals surface area contributed by atoms with Crippen molar-refractivity contribution >= 4 is 5.91 Å². The van der Waals surface area contributed by atoms with Gasteiger partial charge in [-0.3, -0.25) is 9.69 Å². The average molecular weight is 481 g/mol. The van der Waals surface area contributed by atoms with E-state index in [9.17, 15) is 4.79 Å². The molecule has 0 spiro atoms. The first kappa shape index (κ1) is 25.5. The Morgan fingerprint density at radius 2 is 1.83 bits per heavy atom. The summed E-state index contributed by atoms with van der Waals surface area (Å²) in [5, 5.41) is 0. The van der Waals surface area contributed by atoms with Crippen LogP contribution < -0.4 is 9.47 Å². The molecule has 1 amide bonds. The standard InChI is InChI=1S/C29H40N2O4/c1-3-19-34-27-13-6-4-10-23(27)21-30-16-9-8-11-24-22-31(17-15-26(24)33-2)29(32)25-12-5-7-14-28(25)35-20-18-30/h4-7,10,12-14,24,26H,3,8-9,11,15-22H2,1-2H3/t24-,26+/m0/s1. The minimum Gasteiger partial charge on any atom is -0.493 e. The van der Waals surface area contributed by atoms with E-state index in [1.807, 2.05) is 35.2 Å². The minimum atomic E-state index is 0.0658. The normalized spacial score (nSPS) is 22.1. The Morgan fingerprint density at radius 3 is 2.69 bits per heavy atom. The molecule has 0 radical (unpaired) electrons. The fourth-order valence-electron chi connectivity index (χ4n) is 5.25. The second-order valence-electron chi connectivity index (χ2n) is 9.65. The first-order chi connectivity index (χ1) is 17.2. The Morgan fingerprint density at radius 1 is 1.00 bits per heavy atom. The fraction of sp³-hybridized carbons (Fsp3) is 0.552. The average Bonchev–Trinajstić information content (AvgIpc) is 2.89. The van der Waals surface area contributed by atoms with Crippen molar-refractivity contribution in [1.82, 2.24) is 9.80 Å². The van der Waals surface area contributed by atoms with Crippen LogP contribution in [0.25, 0.3) is 0 Å². The lowest BCUT2D eigenvalue weighted by Gasteiger charge is -2.38. The highest BCUT2D eigenvalue weighted by molar-refractivity contribution is 5.97. The first-order valence-electron chi connectivity index (χ1n) is 13.2. The Kier molecular flexibility index (Phi) is 9.43. The highest BCUT2D eigenvalue weighted by atomic mass is 16.5. The molecule has 2 heterocycles. The van der Waals surface area contributed by atoms with Gasteiger partial charge in [0.1, 0.15) is 18.1 Å². The predicted octanol–water partition coefficient (Wildman–Crippen LogP) is 5.02. The molecule has 2 aliphatic heterocycles. The first-order valence-corrected chi connectivity index (χ1v) is 13.2. The van der Waals surface area contributed by atoms with Crippen molar-refractivity contribution in [2.45, 2.75) is 51.7 Å². The molecule has 35 heavy (non-hydrogen) atoms. The van der Waals surface area contributed by atoms with Crippen LogP contribution in [0.15, 0.2) is 48.5 Å². The number of benzene rings is 2. The highest BCUT2D eigenvalue weighted by Gasteiger charge is 2.32. The molecular weight excluding hydrogens is 440 g/mol. The third-order valence-corrected chi connectivity index (χ3v) is 7.16. The van der Waals surface area contributed by atoms with Gasteiger partial charge >= 0.3 is 0 Å². The number of piperidine rings is 1. The Bertz CT molecular complexity index is 950. The molecule has 0 N–H and O–H groups in total.